The molecule has 0 aliphatic carbocycles. The van der Waals surface area contributed by atoms with E-state index in [2.05, 4.69) is 0 Å². The predicted octanol–water partition coefficient (Wildman–Crippen LogP) is 3.18. The van der Waals surface area contributed by atoms with Crippen molar-refractivity contribution in [1.82, 2.24) is 0 Å². The molecule has 1 atom stereocenters. The van der Waals surface area contributed by atoms with Gasteiger partial charge in [0.25, 0.3) is 0 Å². The van der Waals surface area contributed by atoms with Crippen LogP contribution in [0.15, 0.2) is 18.2 Å². The highest BCUT2D eigenvalue weighted by molar-refractivity contribution is 6.17. The molecule has 1 aromatic rings. The normalized spacial score (nSPS) is 20.6. The Kier molecular flexibility index (Phi) is 4.24. The minimum Gasteiger partial charge on any atom is -0.380 e. The van der Waals surface area contributed by atoms with Gasteiger partial charge in [0.15, 0.2) is 0 Å². The standard InChI is InChI=1S/C13H17ClFNO/c1-17-11-3-2-6-16(9-11)13-5-4-10(8-14)7-12(13)15/h4-5,7,11H,2-3,6,8-9H2,1H3. The Labute approximate surface area is 106 Å². The van der Waals surface area contributed by atoms with Crippen molar-refractivity contribution in [2.75, 3.05) is 25.1 Å². The van der Waals surface area contributed by atoms with Gasteiger partial charge in [-0.3, -0.25) is 0 Å². The fourth-order valence-corrected chi connectivity index (χ4v) is 2.41. The minimum absolute atomic E-state index is 0.195. The molecule has 1 aromatic carbocycles. The molecular formula is C13H17ClFNO. The van der Waals surface area contributed by atoms with E-state index in [4.69, 9.17) is 16.3 Å². The van der Waals surface area contributed by atoms with Crippen molar-refractivity contribution in [2.45, 2.75) is 24.8 Å². The number of piperidine rings is 1. The van der Waals surface area contributed by atoms with E-state index in [1.165, 1.54) is 6.07 Å². The van der Waals surface area contributed by atoms with Gasteiger partial charge in [-0.15, -0.1) is 11.6 Å². The fraction of sp³-hybridized carbons (Fsp3) is 0.538. The topological polar surface area (TPSA) is 12.5 Å². The zero-order valence-corrected chi connectivity index (χ0v) is 10.7. The van der Waals surface area contributed by atoms with Crippen molar-refractivity contribution in [3.05, 3.63) is 29.6 Å². The summed E-state index contributed by atoms with van der Waals surface area (Å²) in [5.74, 6) is 0.151. The average Bonchev–Trinajstić information content (AvgIpc) is 2.38. The molecule has 17 heavy (non-hydrogen) atoms. The largest absolute Gasteiger partial charge is 0.380 e. The lowest BCUT2D eigenvalue weighted by atomic mass is 10.1. The molecule has 0 radical (unpaired) electrons. The SMILES string of the molecule is COC1CCCN(c2ccc(CCl)cc2F)C1. The van der Waals surface area contributed by atoms with Crippen LogP contribution < -0.4 is 4.90 Å². The Morgan fingerprint density at radius 3 is 3.00 bits per heavy atom. The number of halogens is 2. The van der Waals surface area contributed by atoms with Crippen molar-refractivity contribution in [3.8, 4) is 0 Å². The van der Waals surface area contributed by atoms with Crippen molar-refractivity contribution in [3.63, 3.8) is 0 Å². The summed E-state index contributed by atoms with van der Waals surface area (Å²) in [7, 11) is 1.71. The quantitative estimate of drug-likeness (QED) is 0.771. The van der Waals surface area contributed by atoms with E-state index in [0.717, 1.165) is 31.5 Å². The fourth-order valence-electron chi connectivity index (χ4n) is 2.24. The van der Waals surface area contributed by atoms with E-state index in [1.54, 1.807) is 7.11 Å². The molecule has 1 saturated heterocycles. The van der Waals surface area contributed by atoms with Gasteiger partial charge in [0.1, 0.15) is 5.82 Å². The summed E-state index contributed by atoms with van der Waals surface area (Å²) in [5, 5.41) is 0. The minimum atomic E-state index is -0.195. The van der Waals surface area contributed by atoms with E-state index in [1.807, 2.05) is 17.0 Å². The van der Waals surface area contributed by atoms with Crippen molar-refractivity contribution in [2.24, 2.45) is 0 Å². The lowest BCUT2D eigenvalue weighted by Crippen LogP contribution is -2.39. The Bertz CT molecular complexity index is 386. The number of anilines is 1. The van der Waals surface area contributed by atoms with Crippen LogP contribution in [0.2, 0.25) is 0 Å². The van der Waals surface area contributed by atoms with Crippen LogP contribution in [-0.2, 0) is 10.6 Å². The third kappa shape index (κ3) is 2.90. The van der Waals surface area contributed by atoms with Gasteiger partial charge >= 0.3 is 0 Å². The molecule has 1 fully saturated rings. The van der Waals surface area contributed by atoms with Gasteiger partial charge in [0, 0.05) is 26.1 Å². The van der Waals surface area contributed by atoms with Crippen LogP contribution in [0, 0.1) is 5.82 Å². The maximum atomic E-state index is 13.9. The van der Waals surface area contributed by atoms with Crippen LogP contribution in [0.4, 0.5) is 10.1 Å². The van der Waals surface area contributed by atoms with Gasteiger partial charge < -0.3 is 9.64 Å². The highest BCUT2D eigenvalue weighted by Crippen LogP contribution is 2.25. The van der Waals surface area contributed by atoms with E-state index < -0.39 is 0 Å². The Morgan fingerprint density at radius 1 is 1.53 bits per heavy atom. The number of rotatable bonds is 3. The summed E-state index contributed by atoms with van der Waals surface area (Å²) in [6.45, 7) is 1.64. The number of ether oxygens (including phenoxy) is 1. The first-order valence-corrected chi connectivity index (χ1v) is 6.40. The molecule has 0 saturated carbocycles. The zero-order valence-electron chi connectivity index (χ0n) is 9.96. The summed E-state index contributed by atoms with van der Waals surface area (Å²) in [4.78, 5) is 2.05. The van der Waals surface area contributed by atoms with Crippen molar-refractivity contribution < 1.29 is 9.13 Å². The summed E-state index contributed by atoms with van der Waals surface area (Å²) in [5.41, 5.74) is 1.47. The molecular weight excluding hydrogens is 241 g/mol. The highest BCUT2D eigenvalue weighted by Gasteiger charge is 2.21. The average molecular weight is 258 g/mol. The lowest BCUT2D eigenvalue weighted by Gasteiger charge is -2.33. The molecule has 0 bridgehead atoms. The van der Waals surface area contributed by atoms with Crippen LogP contribution in [0.5, 0.6) is 0 Å². The monoisotopic (exact) mass is 257 g/mol. The molecule has 0 amide bonds. The Morgan fingerprint density at radius 2 is 2.35 bits per heavy atom. The molecule has 2 nitrogen and oxygen atoms in total. The number of methoxy groups -OCH3 is 1. The van der Waals surface area contributed by atoms with Crippen LogP contribution in [0.1, 0.15) is 18.4 Å². The summed E-state index contributed by atoms with van der Waals surface area (Å²) < 4.78 is 19.3. The second kappa shape index (κ2) is 5.69. The molecule has 1 heterocycles. The highest BCUT2D eigenvalue weighted by atomic mass is 35.5. The second-order valence-electron chi connectivity index (χ2n) is 4.37. The second-order valence-corrected chi connectivity index (χ2v) is 4.63. The molecule has 0 aromatic heterocycles. The van der Waals surface area contributed by atoms with Gasteiger partial charge in [0.2, 0.25) is 0 Å². The Balaban J connectivity index is 2.16. The maximum Gasteiger partial charge on any atom is 0.146 e. The van der Waals surface area contributed by atoms with E-state index in [0.29, 0.717) is 11.6 Å². The van der Waals surface area contributed by atoms with Crippen LogP contribution in [0.25, 0.3) is 0 Å². The number of hydrogen-bond donors (Lipinski definition) is 0. The molecule has 1 unspecified atom stereocenters. The van der Waals surface area contributed by atoms with Crippen molar-refractivity contribution in [1.29, 1.82) is 0 Å². The third-order valence-electron chi connectivity index (χ3n) is 3.22. The van der Waals surface area contributed by atoms with E-state index in [9.17, 15) is 4.39 Å². The zero-order chi connectivity index (χ0) is 12.3. The first kappa shape index (κ1) is 12.7. The van der Waals surface area contributed by atoms with Gasteiger partial charge in [-0.1, -0.05) is 6.07 Å². The van der Waals surface area contributed by atoms with E-state index in [-0.39, 0.29) is 11.9 Å². The first-order chi connectivity index (χ1) is 8.24. The molecule has 0 N–H and O–H groups in total. The number of hydrogen-bond acceptors (Lipinski definition) is 2. The number of nitrogens with zero attached hydrogens (tertiary/aromatic N) is 1. The number of benzene rings is 1. The van der Waals surface area contributed by atoms with Crippen LogP contribution in [0.3, 0.4) is 0 Å². The van der Waals surface area contributed by atoms with Gasteiger partial charge in [-0.25, -0.2) is 4.39 Å². The summed E-state index contributed by atoms with van der Waals surface area (Å²) >= 11 is 5.68. The third-order valence-corrected chi connectivity index (χ3v) is 3.53. The molecule has 2 rings (SSSR count). The van der Waals surface area contributed by atoms with Gasteiger partial charge in [-0.2, -0.15) is 0 Å². The maximum absolute atomic E-state index is 13.9. The Hall–Kier alpha value is -0.800. The van der Waals surface area contributed by atoms with Gasteiger partial charge in [-0.05, 0) is 30.5 Å². The number of alkyl halides is 1. The van der Waals surface area contributed by atoms with Crippen molar-refractivity contribution >= 4 is 17.3 Å². The molecule has 1 aliphatic rings. The van der Waals surface area contributed by atoms with Gasteiger partial charge in [0.05, 0.1) is 11.8 Å². The summed E-state index contributed by atoms with van der Waals surface area (Å²) in [6, 6.07) is 5.20. The molecule has 94 valence electrons. The van der Waals surface area contributed by atoms with Crippen LogP contribution >= 0.6 is 11.6 Å². The smallest absolute Gasteiger partial charge is 0.146 e. The first-order valence-electron chi connectivity index (χ1n) is 5.86. The summed E-state index contributed by atoms with van der Waals surface area (Å²) in [6.07, 6.45) is 2.29. The van der Waals surface area contributed by atoms with E-state index >= 15 is 0 Å². The molecule has 0 spiro atoms. The lowest BCUT2D eigenvalue weighted by molar-refractivity contribution is 0.0892. The van der Waals surface area contributed by atoms with Crippen LogP contribution in [-0.4, -0.2) is 26.3 Å². The molecule has 1 aliphatic heterocycles. The predicted molar refractivity (Wildman–Crippen MR) is 68.2 cm³/mol. The molecule has 4 heteroatoms.